The molecule has 8 heteroatoms. The zero-order chi connectivity index (χ0) is 15.2. The quantitative estimate of drug-likeness (QED) is 0.684. The molecule has 0 aliphatic rings. The molecule has 0 aliphatic carbocycles. The van der Waals surface area contributed by atoms with Crippen LogP contribution in [0.3, 0.4) is 0 Å². The summed E-state index contributed by atoms with van der Waals surface area (Å²) in [6.07, 6.45) is 3.58. The van der Waals surface area contributed by atoms with Gasteiger partial charge in [0.1, 0.15) is 11.6 Å². The third-order valence-electron chi connectivity index (χ3n) is 2.49. The average Bonchev–Trinajstić information content (AvgIpc) is 2.39. The van der Waals surface area contributed by atoms with Gasteiger partial charge in [-0.25, -0.2) is 19.9 Å². The van der Waals surface area contributed by atoms with Crippen LogP contribution in [0.1, 0.15) is 19.4 Å². The van der Waals surface area contributed by atoms with E-state index in [1.807, 2.05) is 0 Å². The first-order valence-electron chi connectivity index (χ1n) is 6.62. The van der Waals surface area contributed by atoms with Gasteiger partial charge in [0.25, 0.3) is 0 Å². The molecule has 0 unspecified atom stereocenters. The third kappa shape index (κ3) is 5.16. The number of nitrogens with zero attached hydrogens (tertiary/aromatic N) is 4. The van der Waals surface area contributed by atoms with Crippen LogP contribution in [0.5, 0.6) is 0 Å². The monoisotopic (exact) mass is 305 g/mol. The van der Waals surface area contributed by atoms with E-state index in [1.165, 1.54) is 17.8 Å². The van der Waals surface area contributed by atoms with Crippen LogP contribution in [0.25, 0.3) is 0 Å². The zero-order valence-electron chi connectivity index (χ0n) is 12.1. The first-order valence-corrected chi connectivity index (χ1v) is 7.44. The van der Waals surface area contributed by atoms with Gasteiger partial charge in [-0.2, -0.15) is 0 Å². The van der Waals surface area contributed by atoms with Crippen molar-refractivity contribution in [2.24, 2.45) is 5.92 Å². The van der Waals surface area contributed by atoms with Gasteiger partial charge in [-0.3, -0.25) is 0 Å². The number of anilines is 2. The fourth-order valence-electron chi connectivity index (χ4n) is 1.58. The summed E-state index contributed by atoms with van der Waals surface area (Å²) in [7, 11) is 0. The minimum Gasteiger partial charge on any atom is -0.383 e. The Morgan fingerprint density at radius 2 is 1.71 bits per heavy atom. The van der Waals surface area contributed by atoms with Crippen molar-refractivity contribution in [1.82, 2.24) is 25.3 Å². The zero-order valence-corrected chi connectivity index (χ0v) is 12.9. The lowest BCUT2D eigenvalue weighted by molar-refractivity contribution is 0.550. The molecule has 0 spiro atoms. The minimum absolute atomic E-state index is 0.333. The summed E-state index contributed by atoms with van der Waals surface area (Å²) in [5.41, 5.74) is 12.3. The lowest BCUT2D eigenvalue weighted by Crippen LogP contribution is -2.19. The van der Waals surface area contributed by atoms with Crippen LogP contribution in [0.4, 0.5) is 11.6 Å². The van der Waals surface area contributed by atoms with E-state index in [4.69, 9.17) is 11.5 Å². The molecule has 0 atom stereocenters. The smallest absolute Gasteiger partial charge is 0.199 e. The number of aromatic nitrogens is 4. The number of rotatable bonds is 6. The molecule has 2 aromatic heterocycles. The molecule has 21 heavy (non-hydrogen) atoms. The van der Waals surface area contributed by atoms with Crippen molar-refractivity contribution in [2.45, 2.75) is 30.7 Å². The third-order valence-corrected chi connectivity index (χ3v) is 3.25. The SMILES string of the molecule is CC(C)CNCc1cnc(Sc2nc(N)cc(N)n2)nc1. The van der Waals surface area contributed by atoms with Crippen LogP contribution in [-0.2, 0) is 6.54 Å². The van der Waals surface area contributed by atoms with Crippen LogP contribution in [0.2, 0.25) is 0 Å². The van der Waals surface area contributed by atoms with Gasteiger partial charge in [-0.1, -0.05) is 13.8 Å². The Morgan fingerprint density at radius 1 is 1.10 bits per heavy atom. The van der Waals surface area contributed by atoms with Crippen LogP contribution >= 0.6 is 11.8 Å². The molecular formula is C13H19N7S. The fraction of sp³-hybridized carbons (Fsp3) is 0.385. The van der Waals surface area contributed by atoms with Gasteiger partial charge in [0.15, 0.2) is 10.3 Å². The predicted octanol–water partition coefficient (Wildman–Crippen LogP) is 1.33. The molecule has 5 N–H and O–H groups in total. The maximum Gasteiger partial charge on any atom is 0.199 e. The molecule has 0 aliphatic heterocycles. The molecule has 2 heterocycles. The first kappa shape index (κ1) is 15.5. The van der Waals surface area contributed by atoms with Crippen molar-refractivity contribution in [2.75, 3.05) is 18.0 Å². The molecule has 0 bridgehead atoms. The van der Waals surface area contributed by atoms with Gasteiger partial charge in [0.2, 0.25) is 0 Å². The Kier molecular flexibility index (Phi) is 5.29. The van der Waals surface area contributed by atoms with Crippen molar-refractivity contribution < 1.29 is 0 Å². The molecule has 112 valence electrons. The van der Waals surface area contributed by atoms with E-state index in [9.17, 15) is 0 Å². The highest BCUT2D eigenvalue weighted by Crippen LogP contribution is 2.22. The highest BCUT2D eigenvalue weighted by molar-refractivity contribution is 7.99. The van der Waals surface area contributed by atoms with Crippen molar-refractivity contribution in [3.8, 4) is 0 Å². The number of nitrogen functional groups attached to an aromatic ring is 2. The van der Waals surface area contributed by atoms with Gasteiger partial charge < -0.3 is 16.8 Å². The molecule has 0 aromatic carbocycles. The highest BCUT2D eigenvalue weighted by Gasteiger charge is 2.06. The summed E-state index contributed by atoms with van der Waals surface area (Å²) >= 11 is 1.23. The molecule has 7 nitrogen and oxygen atoms in total. The van der Waals surface area contributed by atoms with E-state index in [0.717, 1.165) is 18.7 Å². The molecule has 0 amide bonds. The van der Waals surface area contributed by atoms with Gasteiger partial charge >= 0.3 is 0 Å². The van der Waals surface area contributed by atoms with Gasteiger partial charge in [0, 0.05) is 30.6 Å². The van der Waals surface area contributed by atoms with Crippen molar-refractivity contribution >= 4 is 23.4 Å². The largest absolute Gasteiger partial charge is 0.383 e. The number of hydrogen-bond donors (Lipinski definition) is 3. The van der Waals surface area contributed by atoms with E-state index in [-0.39, 0.29) is 0 Å². The molecule has 2 rings (SSSR count). The Balaban J connectivity index is 1.95. The summed E-state index contributed by atoms with van der Waals surface area (Å²) in [5.74, 6) is 1.28. The fourth-order valence-corrected chi connectivity index (χ4v) is 2.26. The van der Waals surface area contributed by atoms with Crippen LogP contribution in [0.15, 0.2) is 28.8 Å². The number of hydrogen-bond acceptors (Lipinski definition) is 8. The summed E-state index contributed by atoms with van der Waals surface area (Å²) in [5, 5.41) is 4.35. The summed E-state index contributed by atoms with van der Waals surface area (Å²) in [4.78, 5) is 16.7. The van der Waals surface area contributed by atoms with Crippen molar-refractivity contribution in [3.63, 3.8) is 0 Å². The van der Waals surface area contributed by atoms with Gasteiger partial charge in [-0.15, -0.1) is 0 Å². The topological polar surface area (TPSA) is 116 Å². The van der Waals surface area contributed by atoms with E-state index in [0.29, 0.717) is 27.9 Å². The number of nitrogens with one attached hydrogen (secondary N) is 1. The maximum atomic E-state index is 5.62. The standard InChI is InChI=1S/C13H19N7S/c1-8(2)4-16-5-9-6-17-12(18-7-9)21-13-19-10(14)3-11(15)20-13/h3,6-8,16H,4-5H2,1-2H3,(H4,14,15,19,20). The molecule has 0 fully saturated rings. The van der Waals surface area contributed by atoms with Crippen LogP contribution < -0.4 is 16.8 Å². The highest BCUT2D eigenvalue weighted by atomic mass is 32.2. The lowest BCUT2D eigenvalue weighted by Gasteiger charge is -2.07. The van der Waals surface area contributed by atoms with Crippen molar-refractivity contribution in [3.05, 3.63) is 24.0 Å². The second kappa shape index (κ2) is 7.19. The van der Waals surface area contributed by atoms with E-state index >= 15 is 0 Å². The Bertz CT molecular complexity index is 565. The maximum absolute atomic E-state index is 5.62. The second-order valence-corrected chi connectivity index (χ2v) is 5.94. The van der Waals surface area contributed by atoms with E-state index in [1.54, 1.807) is 12.4 Å². The first-order chi connectivity index (χ1) is 10.0. The molecule has 0 radical (unpaired) electrons. The van der Waals surface area contributed by atoms with E-state index < -0.39 is 0 Å². The van der Waals surface area contributed by atoms with Gasteiger partial charge in [-0.05, 0) is 24.2 Å². The normalized spacial score (nSPS) is 11.0. The van der Waals surface area contributed by atoms with Crippen LogP contribution in [-0.4, -0.2) is 26.5 Å². The summed E-state index contributed by atoms with van der Waals surface area (Å²) in [6.45, 7) is 6.05. The molecule has 0 saturated carbocycles. The van der Waals surface area contributed by atoms with Gasteiger partial charge in [0.05, 0.1) is 0 Å². The summed E-state index contributed by atoms with van der Waals surface area (Å²) in [6, 6.07) is 1.51. The lowest BCUT2D eigenvalue weighted by atomic mass is 10.2. The second-order valence-electron chi connectivity index (χ2n) is 5.00. The molecule has 0 saturated heterocycles. The molecular weight excluding hydrogens is 286 g/mol. The average molecular weight is 305 g/mol. The minimum atomic E-state index is 0.333. The Hall–Kier alpha value is -1.93. The Labute approximate surface area is 128 Å². The predicted molar refractivity (Wildman–Crippen MR) is 83.6 cm³/mol. The number of nitrogens with two attached hydrogens (primary N) is 2. The van der Waals surface area contributed by atoms with Crippen molar-refractivity contribution in [1.29, 1.82) is 0 Å². The summed E-state index contributed by atoms with van der Waals surface area (Å²) < 4.78 is 0. The molecule has 2 aromatic rings. The van der Waals surface area contributed by atoms with Crippen LogP contribution in [0, 0.1) is 5.92 Å². The Morgan fingerprint density at radius 3 is 2.29 bits per heavy atom. The van der Waals surface area contributed by atoms with E-state index in [2.05, 4.69) is 39.1 Å².